The first-order valence-corrected chi connectivity index (χ1v) is 6.27. The summed E-state index contributed by atoms with van der Waals surface area (Å²) in [5.41, 5.74) is 4.09. The number of fused-ring (bicyclic) bond motifs is 1. The zero-order chi connectivity index (χ0) is 12.5. The molecular formula is C14H15N3O. The Kier molecular flexibility index (Phi) is 2.70. The van der Waals surface area contributed by atoms with Crippen molar-refractivity contribution in [1.82, 2.24) is 14.5 Å². The van der Waals surface area contributed by atoms with E-state index in [4.69, 9.17) is 0 Å². The molecule has 2 aromatic rings. The van der Waals surface area contributed by atoms with Crippen LogP contribution in [0, 0.1) is 6.92 Å². The lowest BCUT2D eigenvalue weighted by Crippen LogP contribution is -2.09. The van der Waals surface area contributed by atoms with Crippen LogP contribution >= 0.6 is 0 Å². The summed E-state index contributed by atoms with van der Waals surface area (Å²) in [5, 5.41) is 0. The van der Waals surface area contributed by atoms with Gasteiger partial charge in [-0.2, -0.15) is 0 Å². The normalized spacial score (nSPS) is 14.3. The van der Waals surface area contributed by atoms with Gasteiger partial charge in [-0.25, -0.2) is 9.97 Å². The Balaban J connectivity index is 2.09. The largest absolute Gasteiger partial charge is 0.298 e. The maximum atomic E-state index is 10.7. The van der Waals surface area contributed by atoms with Crippen LogP contribution in [0.3, 0.4) is 0 Å². The van der Waals surface area contributed by atoms with Gasteiger partial charge in [0, 0.05) is 17.5 Å². The number of hydrogen-bond donors (Lipinski definition) is 0. The highest BCUT2D eigenvalue weighted by molar-refractivity contribution is 5.74. The molecule has 0 saturated carbocycles. The van der Waals surface area contributed by atoms with E-state index in [0.717, 1.165) is 30.5 Å². The van der Waals surface area contributed by atoms with Gasteiger partial charge in [-0.15, -0.1) is 0 Å². The van der Waals surface area contributed by atoms with Crippen molar-refractivity contribution < 1.29 is 4.79 Å². The molecule has 0 fully saturated rings. The van der Waals surface area contributed by atoms with Crippen LogP contribution in [0.15, 0.2) is 18.6 Å². The fourth-order valence-corrected chi connectivity index (χ4v) is 2.56. The summed E-state index contributed by atoms with van der Waals surface area (Å²) in [5.74, 6) is 0.885. The fraction of sp³-hybridized carbons (Fsp3) is 0.357. The molecule has 3 rings (SSSR count). The van der Waals surface area contributed by atoms with E-state index >= 15 is 0 Å². The highest BCUT2D eigenvalue weighted by Crippen LogP contribution is 2.23. The molecular weight excluding hydrogens is 226 g/mol. The second kappa shape index (κ2) is 4.37. The number of aryl methyl sites for hydroxylation is 2. The Morgan fingerprint density at radius 3 is 2.89 bits per heavy atom. The standard InChI is InChI=1S/C14H15N3O/c1-10-6-11(8-18)7-15-14(10)17-9-16-12-4-2-3-5-13(12)17/h6-9H,2-5H2,1H3. The number of carbonyl (C=O) groups is 1. The molecule has 0 spiro atoms. The van der Waals surface area contributed by atoms with E-state index in [-0.39, 0.29) is 0 Å². The fourth-order valence-electron chi connectivity index (χ4n) is 2.56. The van der Waals surface area contributed by atoms with Crippen molar-refractivity contribution in [3.8, 4) is 5.82 Å². The van der Waals surface area contributed by atoms with E-state index in [1.54, 1.807) is 6.20 Å². The average molecular weight is 241 g/mol. The molecule has 0 bridgehead atoms. The molecule has 0 aliphatic heterocycles. The predicted molar refractivity (Wildman–Crippen MR) is 68.1 cm³/mol. The van der Waals surface area contributed by atoms with E-state index in [2.05, 4.69) is 14.5 Å². The molecule has 18 heavy (non-hydrogen) atoms. The molecule has 0 saturated heterocycles. The van der Waals surface area contributed by atoms with Gasteiger partial charge in [-0.05, 0) is 44.2 Å². The van der Waals surface area contributed by atoms with E-state index in [0.29, 0.717) is 5.56 Å². The summed E-state index contributed by atoms with van der Waals surface area (Å²) in [6, 6.07) is 1.87. The molecule has 92 valence electrons. The Morgan fingerprint density at radius 2 is 2.11 bits per heavy atom. The number of pyridine rings is 1. The molecule has 4 nitrogen and oxygen atoms in total. The van der Waals surface area contributed by atoms with Crippen molar-refractivity contribution in [1.29, 1.82) is 0 Å². The van der Waals surface area contributed by atoms with Crippen molar-refractivity contribution >= 4 is 6.29 Å². The van der Waals surface area contributed by atoms with Crippen LogP contribution in [-0.4, -0.2) is 20.8 Å². The summed E-state index contributed by atoms with van der Waals surface area (Å²) in [4.78, 5) is 19.6. The molecule has 1 aliphatic rings. The Morgan fingerprint density at radius 1 is 1.28 bits per heavy atom. The van der Waals surface area contributed by atoms with Crippen LogP contribution in [0.4, 0.5) is 0 Å². The number of imidazole rings is 1. The van der Waals surface area contributed by atoms with Crippen LogP contribution < -0.4 is 0 Å². The van der Waals surface area contributed by atoms with Crippen molar-refractivity contribution in [2.45, 2.75) is 32.6 Å². The number of nitrogens with zero attached hydrogens (tertiary/aromatic N) is 3. The number of aldehydes is 1. The minimum absolute atomic E-state index is 0.616. The van der Waals surface area contributed by atoms with Crippen molar-refractivity contribution in [2.24, 2.45) is 0 Å². The third-order valence-electron chi connectivity index (χ3n) is 3.47. The highest BCUT2D eigenvalue weighted by Gasteiger charge is 2.17. The predicted octanol–water partition coefficient (Wildman–Crippen LogP) is 2.27. The molecule has 0 radical (unpaired) electrons. The maximum absolute atomic E-state index is 10.7. The van der Waals surface area contributed by atoms with Gasteiger partial charge in [0.2, 0.25) is 0 Å². The molecule has 0 aromatic carbocycles. The van der Waals surface area contributed by atoms with Gasteiger partial charge in [0.25, 0.3) is 0 Å². The van der Waals surface area contributed by atoms with Crippen LogP contribution in [0.5, 0.6) is 0 Å². The zero-order valence-electron chi connectivity index (χ0n) is 10.4. The van der Waals surface area contributed by atoms with Crippen molar-refractivity contribution in [3.05, 3.63) is 41.1 Å². The second-order valence-electron chi connectivity index (χ2n) is 4.74. The third kappa shape index (κ3) is 1.74. The van der Waals surface area contributed by atoms with Crippen LogP contribution in [-0.2, 0) is 12.8 Å². The molecule has 0 atom stereocenters. The Labute approximate surface area is 106 Å². The van der Waals surface area contributed by atoms with Crippen LogP contribution in [0.1, 0.15) is 40.2 Å². The number of aromatic nitrogens is 3. The Hall–Kier alpha value is -1.97. The summed E-state index contributed by atoms with van der Waals surface area (Å²) < 4.78 is 2.07. The van der Waals surface area contributed by atoms with Crippen LogP contribution in [0.2, 0.25) is 0 Å². The topological polar surface area (TPSA) is 47.8 Å². The lowest BCUT2D eigenvalue weighted by atomic mass is 10.0. The van der Waals surface area contributed by atoms with Gasteiger partial charge in [-0.3, -0.25) is 9.36 Å². The summed E-state index contributed by atoms with van der Waals surface area (Å²) in [7, 11) is 0. The summed E-state index contributed by atoms with van der Waals surface area (Å²) in [6.45, 7) is 1.98. The lowest BCUT2D eigenvalue weighted by molar-refractivity contribution is 0.112. The Bertz CT molecular complexity index is 601. The molecule has 0 N–H and O–H groups in total. The van der Waals surface area contributed by atoms with E-state index < -0.39 is 0 Å². The minimum atomic E-state index is 0.616. The monoisotopic (exact) mass is 241 g/mol. The number of rotatable bonds is 2. The first kappa shape index (κ1) is 11.1. The molecule has 1 aliphatic carbocycles. The molecule has 0 amide bonds. The summed E-state index contributed by atoms with van der Waals surface area (Å²) >= 11 is 0. The zero-order valence-corrected chi connectivity index (χ0v) is 10.4. The maximum Gasteiger partial charge on any atom is 0.151 e. The summed E-state index contributed by atoms with van der Waals surface area (Å²) in [6.07, 6.45) is 8.86. The second-order valence-corrected chi connectivity index (χ2v) is 4.74. The molecule has 4 heteroatoms. The van der Waals surface area contributed by atoms with E-state index in [1.807, 2.05) is 19.3 Å². The first-order chi connectivity index (χ1) is 8.79. The van der Waals surface area contributed by atoms with E-state index in [1.165, 1.54) is 24.2 Å². The minimum Gasteiger partial charge on any atom is -0.298 e. The van der Waals surface area contributed by atoms with Gasteiger partial charge in [0.05, 0.1) is 5.69 Å². The first-order valence-electron chi connectivity index (χ1n) is 6.27. The van der Waals surface area contributed by atoms with Gasteiger partial charge in [0.1, 0.15) is 12.1 Å². The number of carbonyl (C=O) groups excluding carboxylic acids is 1. The van der Waals surface area contributed by atoms with Gasteiger partial charge in [0.15, 0.2) is 6.29 Å². The SMILES string of the molecule is Cc1cc(C=O)cnc1-n1cnc2c1CCCC2. The molecule has 2 heterocycles. The van der Waals surface area contributed by atoms with Crippen molar-refractivity contribution in [2.75, 3.05) is 0 Å². The average Bonchev–Trinajstić information content (AvgIpc) is 2.82. The third-order valence-corrected chi connectivity index (χ3v) is 3.47. The lowest BCUT2D eigenvalue weighted by Gasteiger charge is -2.14. The number of hydrogen-bond acceptors (Lipinski definition) is 3. The van der Waals surface area contributed by atoms with Gasteiger partial charge in [-0.1, -0.05) is 0 Å². The van der Waals surface area contributed by atoms with E-state index in [9.17, 15) is 4.79 Å². The van der Waals surface area contributed by atoms with Crippen molar-refractivity contribution in [3.63, 3.8) is 0 Å². The molecule has 0 unspecified atom stereocenters. The quantitative estimate of drug-likeness (QED) is 0.758. The molecule has 2 aromatic heterocycles. The van der Waals surface area contributed by atoms with Gasteiger partial charge >= 0.3 is 0 Å². The smallest absolute Gasteiger partial charge is 0.151 e. The van der Waals surface area contributed by atoms with Gasteiger partial charge < -0.3 is 0 Å². The highest BCUT2D eigenvalue weighted by atomic mass is 16.1. The van der Waals surface area contributed by atoms with Crippen LogP contribution in [0.25, 0.3) is 5.82 Å².